The number of benzene rings is 1. The molecule has 0 atom stereocenters. The van der Waals surface area contributed by atoms with Gasteiger partial charge in [0, 0.05) is 6.07 Å². The van der Waals surface area contributed by atoms with E-state index in [1.807, 2.05) is 26.8 Å². The second kappa shape index (κ2) is 6.07. The van der Waals surface area contributed by atoms with Crippen LogP contribution in [-0.2, 0) is 0 Å². The average molecular weight is 275 g/mol. The van der Waals surface area contributed by atoms with Crippen molar-refractivity contribution in [1.82, 2.24) is 0 Å². The molecule has 0 unspecified atom stereocenters. The van der Waals surface area contributed by atoms with Crippen molar-refractivity contribution in [2.24, 2.45) is 0 Å². The third-order valence-electron chi connectivity index (χ3n) is 3.50. The molecule has 2 rings (SSSR count). The van der Waals surface area contributed by atoms with Gasteiger partial charge in [0.2, 0.25) is 0 Å². The van der Waals surface area contributed by atoms with E-state index in [4.69, 9.17) is 4.74 Å². The molecule has 0 fully saturated rings. The van der Waals surface area contributed by atoms with Gasteiger partial charge in [-0.1, -0.05) is 6.08 Å². The first-order valence-electron chi connectivity index (χ1n) is 7.14. The lowest BCUT2D eigenvalue weighted by Crippen LogP contribution is -2.08. The highest BCUT2D eigenvalue weighted by Crippen LogP contribution is 2.36. The van der Waals surface area contributed by atoms with Crippen molar-refractivity contribution in [3.63, 3.8) is 0 Å². The highest BCUT2D eigenvalue weighted by molar-refractivity contribution is 5.72. The van der Waals surface area contributed by atoms with Gasteiger partial charge < -0.3 is 4.74 Å². The first kappa shape index (κ1) is 14.6. The van der Waals surface area contributed by atoms with Gasteiger partial charge in [0.05, 0.1) is 11.0 Å². The molecule has 0 heterocycles. The Labute approximate surface area is 119 Å². The van der Waals surface area contributed by atoms with Crippen molar-refractivity contribution < 1.29 is 9.66 Å². The second-order valence-electron chi connectivity index (χ2n) is 5.53. The number of nitrogens with zero attached hydrogens (tertiary/aromatic N) is 1. The lowest BCUT2D eigenvalue weighted by molar-refractivity contribution is -0.386. The first-order valence-corrected chi connectivity index (χ1v) is 7.14. The zero-order valence-corrected chi connectivity index (χ0v) is 12.3. The van der Waals surface area contributed by atoms with Crippen molar-refractivity contribution in [3.8, 4) is 5.75 Å². The molecule has 4 heteroatoms. The third-order valence-corrected chi connectivity index (χ3v) is 3.50. The summed E-state index contributed by atoms with van der Waals surface area (Å²) in [5, 5.41) is 11.2. The summed E-state index contributed by atoms with van der Waals surface area (Å²) in [5.74, 6) is 0.372. The van der Waals surface area contributed by atoms with Crippen LogP contribution in [0, 0.1) is 17.0 Å². The maximum Gasteiger partial charge on any atom is 0.311 e. The van der Waals surface area contributed by atoms with Crippen LogP contribution in [0.1, 0.15) is 50.7 Å². The number of nitro groups is 1. The number of allylic oxidation sites excluding steroid dienone is 2. The van der Waals surface area contributed by atoms with Crippen molar-refractivity contribution in [1.29, 1.82) is 0 Å². The number of hydrogen-bond donors (Lipinski definition) is 0. The first-order chi connectivity index (χ1) is 9.49. The average Bonchev–Trinajstić information content (AvgIpc) is 2.40. The fraction of sp³-hybridized carbons (Fsp3) is 0.500. The molecule has 0 aliphatic heterocycles. The molecule has 0 radical (unpaired) electrons. The van der Waals surface area contributed by atoms with Crippen molar-refractivity contribution in [2.45, 2.75) is 52.6 Å². The van der Waals surface area contributed by atoms with Gasteiger partial charge in [-0.15, -0.1) is 0 Å². The maximum absolute atomic E-state index is 11.2. The number of aryl methyl sites for hydroxylation is 1. The van der Waals surface area contributed by atoms with Gasteiger partial charge in [-0.3, -0.25) is 10.1 Å². The van der Waals surface area contributed by atoms with Crippen molar-refractivity contribution >= 4 is 11.3 Å². The zero-order valence-electron chi connectivity index (χ0n) is 12.3. The van der Waals surface area contributed by atoms with E-state index in [2.05, 4.69) is 6.08 Å². The second-order valence-corrected chi connectivity index (χ2v) is 5.53. The van der Waals surface area contributed by atoms with E-state index in [9.17, 15) is 10.1 Å². The van der Waals surface area contributed by atoms with Crippen LogP contribution >= 0.6 is 0 Å². The summed E-state index contributed by atoms with van der Waals surface area (Å²) in [6.45, 7) is 5.68. The van der Waals surface area contributed by atoms with Crippen LogP contribution in [0.4, 0.5) is 5.69 Å². The lowest BCUT2D eigenvalue weighted by atomic mass is 9.90. The molecule has 0 saturated carbocycles. The molecular weight excluding hydrogens is 254 g/mol. The van der Waals surface area contributed by atoms with E-state index in [0.717, 1.165) is 24.0 Å². The normalized spacial score (nSPS) is 15.1. The summed E-state index contributed by atoms with van der Waals surface area (Å²) in [4.78, 5) is 10.8. The van der Waals surface area contributed by atoms with E-state index in [0.29, 0.717) is 5.75 Å². The monoisotopic (exact) mass is 275 g/mol. The van der Waals surface area contributed by atoms with Crippen LogP contribution in [-0.4, -0.2) is 11.0 Å². The predicted molar refractivity (Wildman–Crippen MR) is 80.0 cm³/mol. The fourth-order valence-corrected chi connectivity index (χ4v) is 2.59. The molecule has 1 aliphatic carbocycles. The number of nitro benzene ring substituents is 1. The van der Waals surface area contributed by atoms with Gasteiger partial charge >= 0.3 is 5.69 Å². The van der Waals surface area contributed by atoms with Crippen LogP contribution < -0.4 is 4.74 Å². The van der Waals surface area contributed by atoms with Crippen LogP contribution in [0.15, 0.2) is 18.2 Å². The van der Waals surface area contributed by atoms with E-state index >= 15 is 0 Å². The predicted octanol–water partition coefficient (Wildman–Crippen LogP) is 4.65. The minimum absolute atomic E-state index is 0.0522. The summed E-state index contributed by atoms with van der Waals surface area (Å²) < 4.78 is 5.62. The summed E-state index contributed by atoms with van der Waals surface area (Å²) in [5.41, 5.74) is 3.38. The van der Waals surface area contributed by atoms with Gasteiger partial charge in [0.25, 0.3) is 0 Å². The molecule has 1 aromatic carbocycles. The highest BCUT2D eigenvalue weighted by atomic mass is 16.6. The zero-order chi connectivity index (χ0) is 14.7. The van der Waals surface area contributed by atoms with Crippen LogP contribution in [0.5, 0.6) is 5.75 Å². The smallest absolute Gasteiger partial charge is 0.311 e. The Hall–Kier alpha value is -1.84. The Morgan fingerprint density at radius 3 is 2.60 bits per heavy atom. The van der Waals surface area contributed by atoms with Gasteiger partial charge in [0.1, 0.15) is 0 Å². The number of hydrogen-bond acceptors (Lipinski definition) is 3. The lowest BCUT2D eigenvalue weighted by Gasteiger charge is -2.17. The molecule has 20 heavy (non-hydrogen) atoms. The summed E-state index contributed by atoms with van der Waals surface area (Å²) in [6.07, 6.45) is 6.71. The van der Waals surface area contributed by atoms with Crippen LogP contribution in [0.3, 0.4) is 0 Å². The molecule has 0 N–H and O–H groups in total. The van der Waals surface area contributed by atoms with Crippen molar-refractivity contribution in [2.75, 3.05) is 0 Å². The molecule has 0 saturated heterocycles. The molecule has 4 nitrogen and oxygen atoms in total. The van der Waals surface area contributed by atoms with E-state index in [1.165, 1.54) is 18.4 Å². The summed E-state index contributed by atoms with van der Waals surface area (Å²) in [6, 6.07) is 3.47. The molecule has 0 amide bonds. The van der Waals surface area contributed by atoms with E-state index in [-0.39, 0.29) is 16.7 Å². The van der Waals surface area contributed by atoms with Gasteiger partial charge in [-0.2, -0.15) is 0 Å². The summed E-state index contributed by atoms with van der Waals surface area (Å²) >= 11 is 0. The van der Waals surface area contributed by atoms with Gasteiger partial charge in [-0.25, -0.2) is 0 Å². The number of ether oxygens (including phenoxy) is 1. The SMILES string of the molecule is Cc1cc([N+](=O)[O-])c(OC(C)C)cc1C1=CCCCC1. The van der Waals surface area contributed by atoms with E-state index < -0.39 is 0 Å². The molecule has 0 aromatic heterocycles. The van der Waals surface area contributed by atoms with Crippen LogP contribution in [0.2, 0.25) is 0 Å². The van der Waals surface area contributed by atoms with Gasteiger partial charge in [0.15, 0.2) is 5.75 Å². The molecule has 0 bridgehead atoms. The molecule has 0 spiro atoms. The largest absolute Gasteiger partial charge is 0.484 e. The Kier molecular flexibility index (Phi) is 4.42. The highest BCUT2D eigenvalue weighted by Gasteiger charge is 2.20. The molecule has 108 valence electrons. The minimum atomic E-state index is -0.371. The standard InChI is InChI=1S/C16H21NO3/c1-11(2)20-16-10-14(13-7-5-4-6-8-13)12(3)9-15(16)17(18)19/h7,9-11H,4-6,8H2,1-3H3. The summed E-state index contributed by atoms with van der Waals surface area (Å²) in [7, 11) is 0. The number of rotatable bonds is 4. The fourth-order valence-electron chi connectivity index (χ4n) is 2.59. The van der Waals surface area contributed by atoms with Crippen molar-refractivity contribution in [3.05, 3.63) is 39.4 Å². The maximum atomic E-state index is 11.2. The topological polar surface area (TPSA) is 52.4 Å². The quantitative estimate of drug-likeness (QED) is 0.593. The Bertz CT molecular complexity index is 547. The van der Waals surface area contributed by atoms with E-state index in [1.54, 1.807) is 6.07 Å². The third kappa shape index (κ3) is 3.18. The molecular formula is C16H21NO3. The Morgan fingerprint density at radius 2 is 2.05 bits per heavy atom. The Morgan fingerprint density at radius 1 is 1.30 bits per heavy atom. The minimum Gasteiger partial charge on any atom is -0.484 e. The van der Waals surface area contributed by atoms with Gasteiger partial charge in [-0.05, 0) is 69.2 Å². The molecule has 1 aromatic rings. The van der Waals surface area contributed by atoms with Crippen LogP contribution in [0.25, 0.3) is 5.57 Å². The molecule has 1 aliphatic rings. The Balaban J connectivity index is 2.48.